The third-order valence-corrected chi connectivity index (χ3v) is 3.58. The quantitative estimate of drug-likeness (QED) is 0.745. The van der Waals surface area contributed by atoms with Crippen LogP contribution in [0.15, 0.2) is 40.8 Å². The summed E-state index contributed by atoms with van der Waals surface area (Å²) < 4.78 is 23.8. The van der Waals surface area contributed by atoms with Crippen LogP contribution in [0.3, 0.4) is 0 Å². The van der Waals surface area contributed by atoms with E-state index in [1.54, 1.807) is 24.1 Å². The van der Waals surface area contributed by atoms with E-state index in [9.17, 15) is 9.18 Å². The molecule has 1 aromatic carbocycles. The van der Waals surface area contributed by atoms with Crippen molar-refractivity contribution in [2.45, 2.75) is 13.5 Å². The maximum absolute atomic E-state index is 12.8. The Kier molecular flexibility index (Phi) is 6.37. The molecule has 1 aromatic heterocycles. The molecule has 0 spiro atoms. The number of halogens is 1. The van der Waals surface area contributed by atoms with Gasteiger partial charge in [-0.15, -0.1) is 0 Å². The molecule has 2 aromatic rings. The van der Waals surface area contributed by atoms with Crippen LogP contribution in [0.1, 0.15) is 11.5 Å². The van der Waals surface area contributed by atoms with Crippen LogP contribution in [-0.4, -0.2) is 49.5 Å². The second-order valence-electron chi connectivity index (χ2n) is 5.80. The summed E-state index contributed by atoms with van der Waals surface area (Å²) >= 11 is 0. The summed E-state index contributed by atoms with van der Waals surface area (Å²) in [5.41, 5.74) is 0. The fourth-order valence-corrected chi connectivity index (χ4v) is 2.17. The minimum absolute atomic E-state index is 0.00772. The van der Waals surface area contributed by atoms with Crippen LogP contribution < -0.4 is 4.74 Å². The van der Waals surface area contributed by atoms with Crippen LogP contribution in [0.2, 0.25) is 0 Å². The molecule has 5 nitrogen and oxygen atoms in total. The van der Waals surface area contributed by atoms with Gasteiger partial charge in [0.2, 0.25) is 5.91 Å². The summed E-state index contributed by atoms with van der Waals surface area (Å²) in [6, 6.07) is 9.63. The number of hydrogen-bond donors (Lipinski definition) is 0. The standard InChI is InChI=1S/C18H23FN2O3/c1-14-4-7-17(24-14)12-21(3)18(22)13-20(2)10-11-23-16-8-5-15(19)6-9-16/h4-9H,10-13H2,1-3H3. The summed E-state index contributed by atoms with van der Waals surface area (Å²) in [6.07, 6.45) is 0. The first-order chi connectivity index (χ1) is 11.4. The van der Waals surface area contributed by atoms with Gasteiger partial charge < -0.3 is 14.1 Å². The van der Waals surface area contributed by atoms with E-state index < -0.39 is 0 Å². The Balaban J connectivity index is 1.69. The number of likely N-dealkylation sites (N-methyl/N-ethyl adjacent to an activating group) is 2. The molecule has 0 aliphatic rings. The average molecular weight is 334 g/mol. The molecule has 0 N–H and O–H groups in total. The monoisotopic (exact) mass is 334 g/mol. The van der Waals surface area contributed by atoms with Gasteiger partial charge in [-0.3, -0.25) is 9.69 Å². The van der Waals surface area contributed by atoms with Crippen LogP contribution in [0.4, 0.5) is 4.39 Å². The minimum Gasteiger partial charge on any atom is -0.492 e. The zero-order valence-electron chi connectivity index (χ0n) is 14.3. The number of ether oxygens (including phenoxy) is 1. The zero-order valence-corrected chi connectivity index (χ0v) is 14.3. The van der Waals surface area contributed by atoms with Crippen LogP contribution in [0.5, 0.6) is 5.75 Å². The lowest BCUT2D eigenvalue weighted by atomic mass is 10.3. The first kappa shape index (κ1) is 18.0. The van der Waals surface area contributed by atoms with Gasteiger partial charge >= 0.3 is 0 Å². The van der Waals surface area contributed by atoms with E-state index in [0.717, 1.165) is 11.5 Å². The van der Waals surface area contributed by atoms with Crippen molar-refractivity contribution in [2.75, 3.05) is 33.8 Å². The van der Waals surface area contributed by atoms with Crippen LogP contribution in [0, 0.1) is 12.7 Å². The SMILES string of the molecule is Cc1ccc(CN(C)C(=O)CN(C)CCOc2ccc(F)cc2)o1. The molecule has 0 unspecified atom stereocenters. The van der Waals surface area contributed by atoms with Gasteiger partial charge in [-0.25, -0.2) is 4.39 Å². The second kappa shape index (κ2) is 8.49. The van der Waals surface area contributed by atoms with Crippen LogP contribution >= 0.6 is 0 Å². The van der Waals surface area contributed by atoms with Crippen molar-refractivity contribution in [1.29, 1.82) is 0 Å². The van der Waals surface area contributed by atoms with E-state index in [0.29, 0.717) is 32.0 Å². The molecule has 0 saturated carbocycles. The summed E-state index contributed by atoms with van der Waals surface area (Å²) in [5.74, 6) is 1.93. The number of aryl methyl sites for hydroxylation is 1. The summed E-state index contributed by atoms with van der Waals surface area (Å²) in [7, 11) is 3.61. The van der Waals surface area contributed by atoms with Crippen molar-refractivity contribution >= 4 is 5.91 Å². The third-order valence-electron chi connectivity index (χ3n) is 3.58. The number of carbonyl (C=O) groups excluding carboxylic acids is 1. The molecule has 6 heteroatoms. The van der Waals surface area contributed by atoms with Gasteiger partial charge in [-0.1, -0.05) is 0 Å². The molecule has 1 amide bonds. The highest BCUT2D eigenvalue weighted by Gasteiger charge is 2.13. The number of hydrogen-bond acceptors (Lipinski definition) is 4. The second-order valence-corrected chi connectivity index (χ2v) is 5.80. The molecular weight excluding hydrogens is 311 g/mol. The molecule has 130 valence electrons. The molecular formula is C18H23FN2O3. The molecule has 0 radical (unpaired) electrons. The summed E-state index contributed by atoms with van der Waals surface area (Å²) in [6.45, 7) is 3.64. The highest BCUT2D eigenvalue weighted by molar-refractivity contribution is 5.77. The number of carbonyl (C=O) groups is 1. The normalized spacial score (nSPS) is 10.9. The van der Waals surface area contributed by atoms with Gasteiger partial charge in [-0.05, 0) is 50.4 Å². The lowest BCUT2D eigenvalue weighted by molar-refractivity contribution is -0.131. The van der Waals surface area contributed by atoms with E-state index in [1.807, 2.05) is 31.0 Å². The molecule has 0 aliphatic heterocycles. The van der Waals surface area contributed by atoms with E-state index in [4.69, 9.17) is 9.15 Å². The molecule has 0 fully saturated rings. The van der Waals surface area contributed by atoms with E-state index >= 15 is 0 Å². The maximum Gasteiger partial charge on any atom is 0.236 e. The zero-order chi connectivity index (χ0) is 17.5. The van der Waals surface area contributed by atoms with Crippen molar-refractivity contribution in [1.82, 2.24) is 9.80 Å². The topological polar surface area (TPSA) is 45.9 Å². The van der Waals surface area contributed by atoms with Gasteiger partial charge in [0.15, 0.2) is 0 Å². The number of nitrogens with zero attached hydrogens (tertiary/aromatic N) is 2. The van der Waals surface area contributed by atoms with Crippen molar-refractivity contribution in [3.8, 4) is 5.75 Å². The Hall–Kier alpha value is -2.34. The first-order valence-electron chi connectivity index (χ1n) is 7.80. The van der Waals surface area contributed by atoms with Gasteiger partial charge in [-0.2, -0.15) is 0 Å². The Morgan fingerprint density at radius 1 is 1.17 bits per heavy atom. The van der Waals surface area contributed by atoms with Crippen molar-refractivity contribution in [2.24, 2.45) is 0 Å². The lowest BCUT2D eigenvalue weighted by Gasteiger charge is -2.21. The van der Waals surface area contributed by atoms with E-state index in [1.165, 1.54) is 12.1 Å². The highest BCUT2D eigenvalue weighted by Crippen LogP contribution is 2.11. The van der Waals surface area contributed by atoms with Crippen molar-refractivity contribution in [3.05, 3.63) is 53.7 Å². The van der Waals surface area contributed by atoms with Gasteiger partial charge in [0.05, 0.1) is 13.1 Å². The van der Waals surface area contributed by atoms with Crippen molar-refractivity contribution in [3.63, 3.8) is 0 Å². The third kappa shape index (κ3) is 5.70. The van der Waals surface area contributed by atoms with Gasteiger partial charge in [0.1, 0.15) is 29.7 Å². The highest BCUT2D eigenvalue weighted by atomic mass is 19.1. The van der Waals surface area contributed by atoms with E-state index in [2.05, 4.69) is 0 Å². The fraction of sp³-hybridized carbons (Fsp3) is 0.389. The predicted molar refractivity (Wildman–Crippen MR) is 89.3 cm³/mol. The predicted octanol–water partition coefficient (Wildman–Crippen LogP) is 2.70. The van der Waals surface area contributed by atoms with Gasteiger partial charge in [0.25, 0.3) is 0 Å². The van der Waals surface area contributed by atoms with Crippen LogP contribution in [0.25, 0.3) is 0 Å². The molecule has 0 saturated heterocycles. The molecule has 0 atom stereocenters. The molecule has 24 heavy (non-hydrogen) atoms. The lowest BCUT2D eigenvalue weighted by Crippen LogP contribution is -2.37. The molecule has 1 heterocycles. The average Bonchev–Trinajstić information content (AvgIpc) is 2.94. The van der Waals surface area contributed by atoms with Crippen molar-refractivity contribution < 1.29 is 18.3 Å². The number of amides is 1. The largest absolute Gasteiger partial charge is 0.492 e. The van der Waals surface area contributed by atoms with Crippen LogP contribution in [-0.2, 0) is 11.3 Å². The molecule has 2 rings (SSSR count). The Morgan fingerprint density at radius 2 is 1.88 bits per heavy atom. The summed E-state index contributed by atoms with van der Waals surface area (Å²) in [4.78, 5) is 15.7. The smallest absolute Gasteiger partial charge is 0.236 e. The fourth-order valence-electron chi connectivity index (χ4n) is 2.17. The Labute approximate surface area is 141 Å². The molecule has 0 bridgehead atoms. The minimum atomic E-state index is -0.292. The van der Waals surface area contributed by atoms with E-state index in [-0.39, 0.29) is 11.7 Å². The summed E-state index contributed by atoms with van der Waals surface area (Å²) in [5, 5.41) is 0. The maximum atomic E-state index is 12.8. The molecule has 0 aliphatic carbocycles. The Morgan fingerprint density at radius 3 is 2.50 bits per heavy atom. The number of benzene rings is 1. The number of rotatable bonds is 8. The first-order valence-corrected chi connectivity index (χ1v) is 7.80. The van der Waals surface area contributed by atoms with Gasteiger partial charge in [0, 0.05) is 13.6 Å². The number of furan rings is 1. The Bertz CT molecular complexity index is 655.